The summed E-state index contributed by atoms with van der Waals surface area (Å²) >= 11 is 0. The van der Waals surface area contributed by atoms with Crippen molar-refractivity contribution in [2.45, 2.75) is 63.7 Å². The Labute approximate surface area is 111 Å². The van der Waals surface area contributed by atoms with Crippen LogP contribution in [0.1, 0.15) is 60.8 Å². The van der Waals surface area contributed by atoms with Gasteiger partial charge in [0, 0.05) is 12.0 Å². The van der Waals surface area contributed by atoms with E-state index in [0.29, 0.717) is 5.41 Å². The Morgan fingerprint density at radius 3 is 2.44 bits per heavy atom. The predicted molar refractivity (Wildman–Crippen MR) is 77.0 cm³/mol. The van der Waals surface area contributed by atoms with Gasteiger partial charge >= 0.3 is 0 Å². The lowest BCUT2D eigenvalue weighted by atomic mass is 9.67. The molecule has 2 aliphatic rings. The van der Waals surface area contributed by atoms with E-state index in [9.17, 15) is 0 Å². The summed E-state index contributed by atoms with van der Waals surface area (Å²) in [5.74, 6) is 0. The second kappa shape index (κ2) is 4.70. The standard InChI is InChI=1S/C17H25N/c1-13-8-9-16(15-7-5-6-14(13)15)17(12-18)10-3-2-4-11-17/h8-9H,2-7,10-12,18H2,1H3. The van der Waals surface area contributed by atoms with Gasteiger partial charge in [0.25, 0.3) is 0 Å². The van der Waals surface area contributed by atoms with E-state index in [1.165, 1.54) is 56.9 Å². The fourth-order valence-corrected chi connectivity index (χ4v) is 4.19. The molecule has 1 nitrogen and oxygen atoms in total. The Morgan fingerprint density at radius 1 is 1.00 bits per heavy atom. The summed E-state index contributed by atoms with van der Waals surface area (Å²) in [6.45, 7) is 3.10. The molecular weight excluding hydrogens is 218 g/mol. The Hall–Kier alpha value is -0.820. The summed E-state index contributed by atoms with van der Waals surface area (Å²) in [7, 11) is 0. The van der Waals surface area contributed by atoms with Gasteiger partial charge in [0.2, 0.25) is 0 Å². The number of rotatable bonds is 2. The molecule has 0 radical (unpaired) electrons. The summed E-state index contributed by atoms with van der Waals surface area (Å²) in [4.78, 5) is 0. The van der Waals surface area contributed by atoms with Gasteiger partial charge in [-0.2, -0.15) is 0 Å². The molecule has 18 heavy (non-hydrogen) atoms. The number of fused-ring (bicyclic) bond motifs is 1. The zero-order chi connectivity index (χ0) is 12.6. The molecule has 0 aromatic heterocycles. The zero-order valence-corrected chi connectivity index (χ0v) is 11.6. The highest BCUT2D eigenvalue weighted by Crippen LogP contribution is 2.43. The number of benzene rings is 1. The average Bonchev–Trinajstić information content (AvgIpc) is 2.90. The van der Waals surface area contributed by atoms with Gasteiger partial charge < -0.3 is 5.73 Å². The lowest BCUT2D eigenvalue weighted by molar-refractivity contribution is 0.299. The summed E-state index contributed by atoms with van der Waals surface area (Å²) in [5, 5.41) is 0. The van der Waals surface area contributed by atoms with Crippen LogP contribution in [-0.2, 0) is 18.3 Å². The first kappa shape index (κ1) is 12.2. The molecule has 0 saturated heterocycles. The van der Waals surface area contributed by atoms with Gasteiger partial charge in [-0.05, 0) is 61.3 Å². The van der Waals surface area contributed by atoms with Crippen molar-refractivity contribution in [3.63, 3.8) is 0 Å². The molecule has 0 heterocycles. The Kier molecular flexibility index (Phi) is 3.19. The van der Waals surface area contributed by atoms with Crippen LogP contribution < -0.4 is 5.73 Å². The molecule has 1 saturated carbocycles. The van der Waals surface area contributed by atoms with Crippen LogP contribution >= 0.6 is 0 Å². The maximum atomic E-state index is 6.20. The van der Waals surface area contributed by atoms with Crippen molar-refractivity contribution >= 4 is 0 Å². The topological polar surface area (TPSA) is 26.0 Å². The monoisotopic (exact) mass is 243 g/mol. The normalized spacial score (nSPS) is 21.9. The molecule has 1 fully saturated rings. The van der Waals surface area contributed by atoms with Gasteiger partial charge in [0.15, 0.2) is 0 Å². The molecule has 0 bridgehead atoms. The van der Waals surface area contributed by atoms with E-state index < -0.39 is 0 Å². The van der Waals surface area contributed by atoms with Gasteiger partial charge in [-0.15, -0.1) is 0 Å². The zero-order valence-electron chi connectivity index (χ0n) is 11.6. The molecule has 0 amide bonds. The quantitative estimate of drug-likeness (QED) is 0.843. The fraction of sp³-hybridized carbons (Fsp3) is 0.647. The van der Waals surface area contributed by atoms with Crippen LogP contribution in [0.5, 0.6) is 0 Å². The van der Waals surface area contributed by atoms with Gasteiger partial charge in [0.1, 0.15) is 0 Å². The van der Waals surface area contributed by atoms with Crippen LogP contribution in [0, 0.1) is 6.92 Å². The highest BCUT2D eigenvalue weighted by molar-refractivity contribution is 5.47. The summed E-state index contributed by atoms with van der Waals surface area (Å²) in [6.07, 6.45) is 10.6. The number of hydrogen-bond acceptors (Lipinski definition) is 1. The Balaban J connectivity index is 2.08. The number of nitrogens with two attached hydrogens (primary N) is 1. The minimum atomic E-state index is 0.306. The van der Waals surface area contributed by atoms with Crippen LogP contribution in [0.4, 0.5) is 0 Å². The lowest BCUT2D eigenvalue weighted by Crippen LogP contribution is -2.38. The number of hydrogen-bond donors (Lipinski definition) is 1. The van der Waals surface area contributed by atoms with Crippen LogP contribution in [0.3, 0.4) is 0 Å². The fourth-order valence-electron chi connectivity index (χ4n) is 4.19. The summed E-state index contributed by atoms with van der Waals surface area (Å²) in [5.41, 5.74) is 12.9. The molecule has 1 heteroatoms. The van der Waals surface area contributed by atoms with Crippen molar-refractivity contribution < 1.29 is 0 Å². The van der Waals surface area contributed by atoms with Gasteiger partial charge in [0.05, 0.1) is 0 Å². The van der Waals surface area contributed by atoms with Crippen molar-refractivity contribution in [1.82, 2.24) is 0 Å². The smallest absolute Gasteiger partial charge is 0.00783 e. The van der Waals surface area contributed by atoms with Crippen LogP contribution in [-0.4, -0.2) is 6.54 Å². The average molecular weight is 243 g/mol. The van der Waals surface area contributed by atoms with Crippen LogP contribution in [0.2, 0.25) is 0 Å². The molecule has 0 atom stereocenters. The highest BCUT2D eigenvalue weighted by Gasteiger charge is 2.35. The van der Waals surface area contributed by atoms with Crippen molar-refractivity contribution in [2.24, 2.45) is 5.73 Å². The molecule has 2 aliphatic carbocycles. The maximum absolute atomic E-state index is 6.20. The predicted octanol–water partition coefficient (Wildman–Crippen LogP) is 3.64. The first-order valence-corrected chi connectivity index (χ1v) is 7.59. The van der Waals surface area contributed by atoms with Crippen LogP contribution in [0.15, 0.2) is 12.1 Å². The van der Waals surface area contributed by atoms with Gasteiger partial charge in [-0.25, -0.2) is 0 Å². The van der Waals surface area contributed by atoms with Crippen molar-refractivity contribution in [3.8, 4) is 0 Å². The van der Waals surface area contributed by atoms with E-state index in [4.69, 9.17) is 5.73 Å². The van der Waals surface area contributed by atoms with E-state index in [0.717, 1.165) is 6.54 Å². The first-order valence-electron chi connectivity index (χ1n) is 7.59. The highest BCUT2D eigenvalue weighted by atomic mass is 14.6. The molecule has 0 spiro atoms. The molecule has 0 aliphatic heterocycles. The van der Waals surface area contributed by atoms with E-state index in [1.807, 2.05) is 0 Å². The van der Waals surface area contributed by atoms with Gasteiger partial charge in [-0.3, -0.25) is 0 Å². The largest absolute Gasteiger partial charge is 0.330 e. The van der Waals surface area contributed by atoms with E-state index in [1.54, 1.807) is 16.7 Å². The first-order chi connectivity index (χ1) is 8.77. The van der Waals surface area contributed by atoms with Crippen molar-refractivity contribution in [1.29, 1.82) is 0 Å². The van der Waals surface area contributed by atoms with E-state index in [2.05, 4.69) is 19.1 Å². The third-order valence-corrected chi connectivity index (χ3v) is 5.29. The molecule has 1 aromatic carbocycles. The van der Waals surface area contributed by atoms with E-state index >= 15 is 0 Å². The second-order valence-corrected chi connectivity index (χ2v) is 6.29. The lowest BCUT2D eigenvalue weighted by Gasteiger charge is -2.38. The SMILES string of the molecule is Cc1ccc(C2(CN)CCCCC2)c2c1CCC2. The summed E-state index contributed by atoms with van der Waals surface area (Å²) in [6, 6.07) is 4.74. The molecular formula is C17H25N. The Bertz CT molecular complexity index is 441. The third kappa shape index (κ3) is 1.80. The van der Waals surface area contributed by atoms with Crippen LogP contribution in [0.25, 0.3) is 0 Å². The summed E-state index contributed by atoms with van der Waals surface area (Å²) < 4.78 is 0. The molecule has 1 aromatic rings. The Morgan fingerprint density at radius 2 is 1.72 bits per heavy atom. The van der Waals surface area contributed by atoms with E-state index in [-0.39, 0.29) is 0 Å². The molecule has 0 unspecified atom stereocenters. The third-order valence-electron chi connectivity index (χ3n) is 5.29. The molecule has 3 rings (SSSR count). The maximum Gasteiger partial charge on any atom is 0.00783 e. The molecule has 98 valence electrons. The second-order valence-electron chi connectivity index (χ2n) is 6.29. The van der Waals surface area contributed by atoms with Crippen molar-refractivity contribution in [2.75, 3.05) is 6.54 Å². The van der Waals surface area contributed by atoms with Gasteiger partial charge in [-0.1, -0.05) is 31.4 Å². The van der Waals surface area contributed by atoms with Crippen molar-refractivity contribution in [3.05, 3.63) is 34.4 Å². The minimum Gasteiger partial charge on any atom is -0.330 e. The molecule has 2 N–H and O–H groups in total. The number of aryl methyl sites for hydroxylation is 1. The minimum absolute atomic E-state index is 0.306.